The first-order valence-electron chi connectivity index (χ1n) is 9.83. The highest BCUT2D eigenvalue weighted by atomic mass is 32.2. The van der Waals surface area contributed by atoms with Gasteiger partial charge in [-0.25, -0.2) is 4.39 Å². The molecular weight excluding hydrogens is 401 g/mol. The number of fused-ring (bicyclic) bond motifs is 1. The van der Waals surface area contributed by atoms with Crippen LogP contribution in [0.3, 0.4) is 0 Å². The molecule has 2 aromatic rings. The maximum atomic E-state index is 13.3. The highest BCUT2D eigenvalue weighted by Crippen LogP contribution is 2.27. The van der Waals surface area contributed by atoms with E-state index in [0.717, 1.165) is 11.3 Å². The van der Waals surface area contributed by atoms with Gasteiger partial charge >= 0.3 is 0 Å². The lowest BCUT2D eigenvalue weighted by Crippen LogP contribution is -2.52. The van der Waals surface area contributed by atoms with Gasteiger partial charge in [0.2, 0.25) is 0 Å². The summed E-state index contributed by atoms with van der Waals surface area (Å²) in [7, 11) is 0. The smallest absolute Gasteiger partial charge is 0.253 e. The van der Waals surface area contributed by atoms with Gasteiger partial charge in [-0.1, -0.05) is 12.1 Å². The molecule has 2 N–H and O–H groups in total. The lowest BCUT2D eigenvalue weighted by Gasteiger charge is -2.40. The van der Waals surface area contributed by atoms with Crippen molar-refractivity contribution in [1.82, 2.24) is 10.6 Å². The van der Waals surface area contributed by atoms with Crippen LogP contribution in [-0.4, -0.2) is 31.5 Å². The van der Waals surface area contributed by atoms with E-state index in [-0.39, 0.29) is 23.9 Å². The van der Waals surface area contributed by atoms with Gasteiger partial charge in [-0.15, -0.1) is 11.8 Å². The number of morpholine rings is 1. The molecule has 1 fully saturated rings. The SMILES string of the molecule is CSc1ccc(C(C)NC(=O)C2=CNC3C(=C2)OCCN3c2ccc(F)cc2)cc1. The third-order valence-corrected chi connectivity index (χ3v) is 6.00. The average Bonchev–Trinajstić information content (AvgIpc) is 2.79. The molecule has 0 bridgehead atoms. The summed E-state index contributed by atoms with van der Waals surface area (Å²) in [5.74, 6) is 0.239. The number of amides is 1. The number of hydrogen-bond donors (Lipinski definition) is 2. The first kappa shape index (κ1) is 20.3. The van der Waals surface area contributed by atoms with E-state index in [9.17, 15) is 9.18 Å². The minimum atomic E-state index is -0.268. The number of carbonyl (C=O) groups excluding carboxylic acids is 1. The number of anilines is 1. The summed E-state index contributed by atoms with van der Waals surface area (Å²) in [4.78, 5) is 16.1. The summed E-state index contributed by atoms with van der Waals surface area (Å²) in [5, 5.41) is 6.30. The second-order valence-electron chi connectivity index (χ2n) is 7.20. The number of nitrogens with zero attached hydrogens (tertiary/aromatic N) is 1. The normalized spacial score (nSPS) is 18.9. The first-order chi connectivity index (χ1) is 14.5. The number of hydrogen-bond acceptors (Lipinski definition) is 5. The maximum Gasteiger partial charge on any atom is 0.253 e. The zero-order valence-corrected chi connectivity index (χ0v) is 17.7. The Kier molecular flexibility index (Phi) is 5.99. The highest BCUT2D eigenvalue weighted by Gasteiger charge is 2.31. The Labute approximate surface area is 180 Å². The fourth-order valence-electron chi connectivity index (χ4n) is 3.58. The molecule has 1 amide bonds. The molecule has 156 valence electrons. The van der Waals surface area contributed by atoms with Crippen molar-refractivity contribution in [3.63, 3.8) is 0 Å². The Balaban J connectivity index is 1.44. The van der Waals surface area contributed by atoms with Crippen LogP contribution in [0.4, 0.5) is 10.1 Å². The molecule has 0 aromatic heterocycles. The third-order valence-electron chi connectivity index (χ3n) is 5.26. The summed E-state index contributed by atoms with van der Waals surface area (Å²) in [6.45, 7) is 3.12. The van der Waals surface area contributed by atoms with Crippen LogP contribution in [0.15, 0.2) is 77.0 Å². The lowest BCUT2D eigenvalue weighted by molar-refractivity contribution is -0.117. The molecule has 0 radical (unpaired) electrons. The Morgan fingerprint density at radius 1 is 1.23 bits per heavy atom. The number of rotatable bonds is 5. The number of benzene rings is 2. The van der Waals surface area contributed by atoms with Gasteiger partial charge in [-0.2, -0.15) is 0 Å². The van der Waals surface area contributed by atoms with Gasteiger partial charge in [0.1, 0.15) is 18.2 Å². The number of nitrogens with one attached hydrogen (secondary N) is 2. The van der Waals surface area contributed by atoms with E-state index in [1.807, 2.05) is 25.3 Å². The Bertz CT molecular complexity index is 973. The molecular formula is C23H24FN3O2S. The van der Waals surface area contributed by atoms with Gasteiger partial charge < -0.3 is 20.3 Å². The summed E-state index contributed by atoms with van der Waals surface area (Å²) in [6, 6.07) is 14.4. The van der Waals surface area contributed by atoms with Gasteiger partial charge in [0.15, 0.2) is 6.17 Å². The fourth-order valence-corrected chi connectivity index (χ4v) is 3.99. The van der Waals surface area contributed by atoms with Crippen molar-refractivity contribution in [3.8, 4) is 0 Å². The number of halogens is 1. The first-order valence-corrected chi connectivity index (χ1v) is 11.1. The van der Waals surface area contributed by atoms with Crippen molar-refractivity contribution < 1.29 is 13.9 Å². The van der Waals surface area contributed by atoms with Crippen LogP contribution in [0.1, 0.15) is 18.5 Å². The summed E-state index contributed by atoms with van der Waals surface area (Å²) < 4.78 is 19.1. The Morgan fingerprint density at radius 3 is 2.67 bits per heavy atom. The Morgan fingerprint density at radius 2 is 1.97 bits per heavy atom. The predicted octanol–water partition coefficient (Wildman–Crippen LogP) is 3.96. The molecule has 2 aliphatic rings. The molecule has 2 unspecified atom stereocenters. The van der Waals surface area contributed by atoms with Crippen LogP contribution in [0.5, 0.6) is 0 Å². The molecule has 1 saturated heterocycles. The second-order valence-corrected chi connectivity index (χ2v) is 8.08. The average molecular weight is 426 g/mol. The molecule has 2 aliphatic heterocycles. The number of dihydropyridines is 1. The fraction of sp³-hybridized carbons (Fsp3) is 0.261. The van der Waals surface area contributed by atoms with Gasteiger partial charge in [-0.3, -0.25) is 4.79 Å². The van der Waals surface area contributed by atoms with Crippen molar-refractivity contribution >= 4 is 23.4 Å². The van der Waals surface area contributed by atoms with E-state index in [0.29, 0.717) is 24.5 Å². The van der Waals surface area contributed by atoms with Crippen LogP contribution in [-0.2, 0) is 9.53 Å². The molecule has 7 heteroatoms. The molecule has 2 aromatic carbocycles. The topological polar surface area (TPSA) is 53.6 Å². The van der Waals surface area contributed by atoms with E-state index < -0.39 is 0 Å². The molecule has 2 heterocycles. The van der Waals surface area contributed by atoms with Crippen LogP contribution in [0, 0.1) is 5.82 Å². The van der Waals surface area contributed by atoms with E-state index in [1.165, 1.54) is 17.0 Å². The molecule has 2 atom stereocenters. The molecule has 0 aliphatic carbocycles. The van der Waals surface area contributed by atoms with E-state index in [1.54, 1.807) is 36.2 Å². The largest absolute Gasteiger partial charge is 0.492 e. The Hall–Kier alpha value is -2.93. The number of ether oxygens (including phenoxy) is 1. The maximum absolute atomic E-state index is 13.3. The molecule has 5 nitrogen and oxygen atoms in total. The van der Waals surface area contributed by atoms with Crippen molar-refractivity contribution in [2.75, 3.05) is 24.3 Å². The zero-order chi connectivity index (χ0) is 21.1. The summed E-state index contributed by atoms with van der Waals surface area (Å²) >= 11 is 1.69. The van der Waals surface area contributed by atoms with Crippen LogP contribution >= 0.6 is 11.8 Å². The lowest BCUT2D eigenvalue weighted by atomic mass is 10.1. The van der Waals surface area contributed by atoms with Crippen molar-refractivity contribution in [2.45, 2.75) is 24.0 Å². The standard InChI is InChI=1S/C23H24FN3O2S/c1-15(16-3-9-20(30-2)10-4-16)26-23(28)17-13-21-22(25-14-17)27(11-12-29-21)19-7-5-18(24)6-8-19/h3-10,13-15,22,25H,11-12H2,1-2H3,(H,26,28). The number of carbonyl (C=O) groups is 1. The third kappa shape index (κ3) is 4.31. The predicted molar refractivity (Wildman–Crippen MR) is 118 cm³/mol. The van der Waals surface area contributed by atoms with E-state index >= 15 is 0 Å². The van der Waals surface area contributed by atoms with Crippen molar-refractivity contribution in [1.29, 1.82) is 0 Å². The molecule has 30 heavy (non-hydrogen) atoms. The molecule has 4 rings (SSSR count). The monoisotopic (exact) mass is 425 g/mol. The molecule has 0 saturated carbocycles. The summed E-state index contributed by atoms with van der Waals surface area (Å²) in [5.41, 5.74) is 2.45. The molecule has 0 spiro atoms. The van der Waals surface area contributed by atoms with E-state index in [4.69, 9.17) is 4.74 Å². The van der Waals surface area contributed by atoms with Gasteiger partial charge in [0.05, 0.1) is 18.2 Å². The van der Waals surface area contributed by atoms with Crippen LogP contribution in [0.25, 0.3) is 0 Å². The zero-order valence-electron chi connectivity index (χ0n) is 16.9. The minimum Gasteiger partial charge on any atom is -0.492 e. The number of thioether (sulfide) groups is 1. The van der Waals surface area contributed by atoms with Gasteiger partial charge in [-0.05, 0) is 61.2 Å². The summed E-state index contributed by atoms with van der Waals surface area (Å²) in [6.07, 6.45) is 5.29. The van der Waals surface area contributed by atoms with Crippen molar-refractivity contribution in [2.24, 2.45) is 0 Å². The quantitative estimate of drug-likeness (QED) is 0.711. The van der Waals surface area contributed by atoms with Crippen LogP contribution < -0.4 is 15.5 Å². The highest BCUT2D eigenvalue weighted by molar-refractivity contribution is 7.98. The minimum absolute atomic E-state index is 0.117. The van der Waals surface area contributed by atoms with E-state index in [2.05, 4.69) is 27.7 Å². The van der Waals surface area contributed by atoms with Gasteiger partial charge in [0, 0.05) is 16.8 Å². The second kappa shape index (κ2) is 8.83. The van der Waals surface area contributed by atoms with Gasteiger partial charge in [0.25, 0.3) is 5.91 Å². The van der Waals surface area contributed by atoms with Crippen molar-refractivity contribution in [3.05, 3.63) is 83.5 Å². The van der Waals surface area contributed by atoms with Crippen LogP contribution in [0.2, 0.25) is 0 Å².